The quantitative estimate of drug-likeness (QED) is 0.749. The highest BCUT2D eigenvalue weighted by Gasteiger charge is 2.30. The number of pyridine rings is 1. The lowest BCUT2D eigenvalue weighted by Gasteiger charge is -2.29. The van der Waals surface area contributed by atoms with E-state index in [-0.39, 0.29) is 11.7 Å². The second-order valence-electron chi connectivity index (χ2n) is 4.82. The fourth-order valence-electron chi connectivity index (χ4n) is 2.80. The van der Waals surface area contributed by atoms with Crippen molar-refractivity contribution in [2.24, 2.45) is 11.8 Å². The molecule has 0 N–H and O–H groups in total. The van der Waals surface area contributed by atoms with Gasteiger partial charge in [-0.15, -0.1) is 0 Å². The van der Waals surface area contributed by atoms with Crippen LogP contribution in [0.1, 0.15) is 49.4 Å². The molecule has 0 radical (unpaired) electrons. The molecule has 1 heterocycles. The lowest BCUT2D eigenvalue weighted by Crippen LogP contribution is -2.27. The molecule has 0 aliphatic heterocycles. The first-order chi connectivity index (χ1) is 8.22. The Hall–Kier alpha value is -1.25. The summed E-state index contributed by atoms with van der Waals surface area (Å²) in [5, 5.41) is 0. The van der Waals surface area contributed by atoms with Crippen LogP contribution >= 0.6 is 0 Å². The third kappa shape index (κ3) is 2.71. The molecule has 92 valence electrons. The van der Waals surface area contributed by atoms with Crippen LogP contribution in [0, 0.1) is 17.7 Å². The highest BCUT2D eigenvalue weighted by atomic mass is 19.1. The number of nitrogens with zero attached hydrogens (tertiary/aromatic N) is 1. The largest absolute Gasteiger partial charge is 0.294 e. The van der Waals surface area contributed by atoms with Crippen molar-refractivity contribution >= 4 is 5.78 Å². The fourth-order valence-corrected chi connectivity index (χ4v) is 2.80. The number of aromatic nitrogens is 1. The molecule has 0 spiro atoms. The van der Waals surface area contributed by atoms with Crippen molar-refractivity contribution in [2.45, 2.75) is 39.0 Å². The molecule has 0 bridgehead atoms. The van der Waals surface area contributed by atoms with Crippen LogP contribution in [0.2, 0.25) is 0 Å². The van der Waals surface area contributed by atoms with Crippen LogP contribution in [0.15, 0.2) is 18.5 Å². The van der Waals surface area contributed by atoms with Crippen LogP contribution < -0.4 is 0 Å². The van der Waals surface area contributed by atoms with Crippen molar-refractivity contribution in [1.82, 2.24) is 4.98 Å². The molecule has 2 atom stereocenters. The van der Waals surface area contributed by atoms with Crippen LogP contribution in [-0.4, -0.2) is 10.8 Å². The molecule has 1 aliphatic carbocycles. The Labute approximate surface area is 101 Å². The Balaban J connectivity index is 2.18. The summed E-state index contributed by atoms with van der Waals surface area (Å²) in [6.45, 7) is 2.13. The van der Waals surface area contributed by atoms with E-state index in [9.17, 15) is 9.18 Å². The van der Waals surface area contributed by atoms with Crippen LogP contribution in [-0.2, 0) is 0 Å². The maximum absolute atomic E-state index is 13.1. The van der Waals surface area contributed by atoms with Gasteiger partial charge in [0, 0.05) is 17.7 Å². The smallest absolute Gasteiger partial charge is 0.167 e. The van der Waals surface area contributed by atoms with Crippen molar-refractivity contribution in [2.75, 3.05) is 0 Å². The van der Waals surface area contributed by atoms with Gasteiger partial charge in [0.25, 0.3) is 0 Å². The molecule has 2 rings (SSSR count). The fraction of sp³-hybridized carbons (Fsp3) is 0.571. The first-order valence-corrected chi connectivity index (χ1v) is 6.37. The predicted octanol–water partition coefficient (Wildman–Crippen LogP) is 3.62. The van der Waals surface area contributed by atoms with Crippen molar-refractivity contribution in [3.8, 4) is 0 Å². The topological polar surface area (TPSA) is 30.0 Å². The monoisotopic (exact) mass is 235 g/mol. The van der Waals surface area contributed by atoms with Crippen molar-refractivity contribution < 1.29 is 9.18 Å². The number of hydrogen-bond acceptors (Lipinski definition) is 2. The Morgan fingerprint density at radius 2 is 2.18 bits per heavy atom. The van der Waals surface area contributed by atoms with E-state index in [4.69, 9.17) is 0 Å². The number of rotatable bonds is 3. The standard InChI is InChI=1S/C14H18FNO/c1-2-10-5-3-4-6-13(10)14(17)11-7-12(15)9-16-8-11/h7-10,13H,2-6H2,1H3. The van der Waals surface area contributed by atoms with Crippen LogP contribution in [0.4, 0.5) is 4.39 Å². The van der Waals surface area contributed by atoms with E-state index in [1.165, 1.54) is 18.7 Å². The minimum Gasteiger partial charge on any atom is -0.294 e. The lowest BCUT2D eigenvalue weighted by molar-refractivity contribution is 0.0819. The van der Waals surface area contributed by atoms with Gasteiger partial charge in [0.15, 0.2) is 5.78 Å². The summed E-state index contributed by atoms with van der Waals surface area (Å²) in [7, 11) is 0. The second-order valence-corrected chi connectivity index (χ2v) is 4.82. The second kappa shape index (κ2) is 5.39. The number of ketones is 1. The van der Waals surface area contributed by atoms with E-state index in [2.05, 4.69) is 11.9 Å². The normalized spacial score (nSPS) is 24.6. The summed E-state index contributed by atoms with van der Waals surface area (Å²) in [6, 6.07) is 1.30. The minimum absolute atomic E-state index is 0.0670. The average Bonchev–Trinajstić information content (AvgIpc) is 2.38. The SMILES string of the molecule is CCC1CCCCC1C(=O)c1cncc(F)c1. The summed E-state index contributed by atoms with van der Waals surface area (Å²) >= 11 is 0. The average molecular weight is 235 g/mol. The Kier molecular flexibility index (Phi) is 3.87. The Morgan fingerprint density at radius 1 is 1.41 bits per heavy atom. The van der Waals surface area contributed by atoms with Gasteiger partial charge in [-0.3, -0.25) is 9.78 Å². The Bertz CT molecular complexity index is 405. The van der Waals surface area contributed by atoms with Crippen LogP contribution in [0.25, 0.3) is 0 Å². The van der Waals surface area contributed by atoms with Crippen molar-refractivity contribution in [3.63, 3.8) is 0 Å². The number of halogens is 1. The van der Waals surface area contributed by atoms with Gasteiger partial charge in [-0.25, -0.2) is 4.39 Å². The maximum atomic E-state index is 13.1. The maximum Gasteiger partial charge on any atom is 0.167 e. The predicted molar refractivity (Wildman–Crippen MR) is 64.3 cm³/mol. The first-order valence-electron chi connectivity index (χ1n) is 6.37. The van der Waals surface area contributed by atoms with Gasteiger partial charge < -0.3 is 0 Å². The van der Waals surface area contributed by atoms with Gasteiger partial charge >= 0.3 is 0 Å². The van der Waals surface area contributed by atoms with E-state index in [1.807, 2.05) is 0 Å². The molecule has 0 aromatic carbocycles. The highest BCUT2D eigenvalue weighted by molar-refractivity contribution is 5.97. The molecule has 1 saturated carbocycles. The molecule has 2 unspecified atom stereocenters. The van der Waals surface area contributed by atoms with Gasteiger partial charge in [0.05, 0.1) is 6.20 Å². The van der Waals surface area contributed by atoms with Gasteiger partial charge in [0.1, 0.15) is 5.82 Å². The number of Topliss-reactive ketones (excluding diaryl/α,β-unsaturated/α-hetero) is 1. The number of hydrogen-bond donors (Lipinski definition) is 0. The molecule has 1 aromatic heterocycles. The molecule has 1 aliphatic rings. The van der Waals surface area contributed by atoms with Gasteiger partial charge in [-0.1, -0.05) is 26.2 Å². The molecule has 2 nitrogen and oxygen atoms in total. The number of carbonyl (C=O) groups is 1. The first kappa shape index (κ1) is 12.2. The Morgan fingerprint density at radius 3 is 2.88 bits per heavy atom. The van der Waals surface area contributed by atoms with E-state index in [0.29, 0.717) is 11.5 Å². The molecule has 1 aromatic rings. The molecular formula is C14H18FNO. The zero-order chi connectivity index (χ0) is 12.3. The molecular weight excluding hydrogens is 217 g/mol. The van der Waals surface area contributed by atoms with Gasteiger partial charge in [-0.05, 0) is 24.8 Å². The van der Waals surface area contributed by atoms with Crippen LogP contribution in [0.5, 0.6) is 0 Å². The lowest BCUT2D eigenvalue weighted by atomic mass is 9.74. The van der Waals surface area contributed by atoms with Crippen LogP contribution in [0.3, 0.4) is 0 Å². The number of carbonyl (C=O) groups excluding carboxylic acids is 1. The molecule has 17 heavy (non-hydrogen) atoms. The highest BCUT2D eigenvalue weighted by Crippen LogP contribution is 2.34. The van der Waals surface area contributed by atoms with Crippen molar-refractivity contribution in [3.05, 3.63) is 29.8 Å². The van der Waals surface area contributed by atoms with E-state index < -0.39 is 5.82 Å². The summed E-state index contributed by atoms with van der Waals surface area (Å²) in [4.78, 5) is 16.1. The van der Waals surface area contributed by atoms with E-state index >= 15 is 0 Å². The summed E-state index contributed by atoms with van der Waals surface area (Å²) in [6.07, 6.45) is 8.02. The summed E-state index contributed by atoms with van der Waals surface area (Å²) in [5.41, 5.74) is 0.426. The van der Waals surface area contributed by atoms with Crippen molar-refractivity contribution in [1.29, 1.82) is 0 Å². The third-order valence-corrected chi connectivity index (χ3v) is 3.76. The van der Waals surface area contributed by atoms with E-state index in [1.54, 1.807) is 0 Å². The molecule has 0 saturated heterocycles. The summed E-state index contributed by atoms with van der Waals surface area (Å²) < 4.78 is 13.1. The zero-order valence-corrected chi connectivity index (χ0v) is 10.2. The molecule has 1 fully saturated rings. The molecule has 0 amide bonds. The third-order valence-electron chi connectivity index (χ3n) is 3.76. The zero-order valence-electron chi connectivity index (χ0n) is 10.2. The van der Waals surface area contributed by atoms with Gasteiger partial charge in [-0.2, -0.15) is 0 Å². The summed E-state index contributed by atoms with van der Waals surface area (Å²) in [5.74, 6) is 0.167. The molecule has 3 heteroatoms. The van der Waals surface area contributed by atoms with Gasteiger partial charge in [0.2, 0.25) is 0 Å². The minimum atomic E-state index is -0.431. The van der Waals surface area contributed by atoms with E-state index in [0.717, 1.165) is 31.9 Å².